The first-order valence-electron chi connectivity index (χ1n) is 5.85. The average Bonchev–Trinajstić information content (AvgIpc) is 2.12. The molecule has 0 radical (unpaired) electrons. The van der Waals surface area contributed by atoms with Gasteiger partial charge in [0.2, 0.25) is 0 Å². The summed E-state index contributed by atoms with van der Waals surface area (Å²) in [4.78, 5) is 5.18. The van der Waals surface area contributed by atoms with E-state index in [1.165, 1.54) is 32.7 Å². The van der Waals surface area contributed by atoms with Crippen molar-refractivity contribution < 1.29 is 32.7 Å². The minimum atomic E-state index is 0. The summed E-state index contributed by atoms with van der Waals surface area (Å²) in [5.74, 6) is 0.876. The van der Waals surface area contributed by atoms with Crippen LogP contribution in [0.3, 0.4) is 0 Å². The molecule has 3 nitrogen and oxygen atoms in total. The van der Waals surface area contributed by atoms with Gasteiger partial charge in [-0.3, -0.25) is 4.90 Å². The molecule has 0 aromatic rings. The number of rotatable bonds is 3. The van der Waals surface area contributed by atoms with Crippen molar-refractivity contribution in [1.82, 2.24) is 9.80 Å². The molecule has 2 saturated heterocycles. The predicted octanol–water partition coefficient (Wildman–Crippen LogP) is 1.91. The van der Waals surface area contributed by atoms with E-state index in [4.69, 9.17) is 0 Å². The molecule has 0 unspecified atom stereocenters. The Morgan fingerprint density at radius 3 is 1.94 bits per heavy atom. The fraction of sp³-hybridized carbons (Fsp3) is 0.846. The number of piperazine rings is 1. The normalized spacial score (nSPS) is 22.1. The van der Waals surface area contributed by atoms with Crippen molar-refractivity contribution in [3.8, 4) is 0 Å². The summed E-state index contributed by atoms with van der Waals surface area (Å²) in [5, 5.41) is 4.27. The minimum absolute atomic E-state index is 0. The maximum Gasteiger partial charge on any atom is 3.00 e. The van der Waals surface area contributed by atoms with Crippen LogP contribution < -0.4 is 0 Å². The molecular formula is C13H28N3Y. The molecule has 0 aliphatic carbocycles. The Morgan fingerprint density at radius 2 is 1.59 bits per heavy atom. The summed E-state index contributed by atoms with van der Waals surface area (Å²) < 4.78 is 0. The van der Waals surface area contributed by atoms with Crippen molar-refractivity contribution in [3.05, 3.63) is 20.2 Å². The largest absolute Gasteiger partial charge is 3.00 e. The van der Waals surface area contributed by atoms with E-state index in [0.717, 1.165) is 25.0 Å². The van der Waals surface area contributed by atoms with Gasteiger partial charge in [-0.15, -0.1) is 13.1 Å². The van der Waals surface area contributed by atoms with E-state index in [9.17, 15) is 0 Å². The van der Waals surface area contributed by atoms with Crippen LogP contribution in [-0.4, -0.2) is 61.7 Å². The van der Waals surface area contributed by atoms with Gasteiger partial charge < -0.3 is 25.1 Å². The van der Waals surface area contributed by atoms with Crippen molar-refractivity contribution in [1.29, 1.82) is 0 Å². The standard InChI is InChI=1S/C11H22N3.2CH3.Y/c1-10(2)14-5-3-13(4-6-14)9-11-7-12-8-11;;;/h10-11H,3-9H2,1-2H3;2*1H3;/q3*-1;+3. The Bertz CT molecular complexity index is 176. The summed E-state index contributed by atoms with van der Waals surface area (Å²) >= 11 is 0. The molecule has 0 N–H and O–H groups in total. The Kier molecular flexibility index (Phi) is 11.8. The molecule has 2 aliphatic rings. The quantitative estimate of drug-likeness (QED) is 0.742. The fourth-order valence-corrected chi connectivity index (χ4v) is 2.25. The molecule has 2 fully saturated rings. The molecule has 0 saturated carbocycles. The van der Waals surface area contributed by atoms with Crippen molar-refractivity contribution in [2.24, 2.45) is 5.92 Å². The van der Waals surface area contributed by atoms with Crippen LogP contribution in [0.15, 0.2) is 0 Å². The third-order valence-electron chi connectivity index (χ3n) is 3.43. The van der Waals surface area contributed by atoms with Crippen LogP contribution in [0.2, 0.25) is 0 Å². The minimum Gasteiger partial charge on any atom is -0.662 e. The van der Waals surface area contributed by atoms with Crippen molar-refractivity contribution in [2.75, 3.05) is 45.8 Å². The Morgan fingerprint density at radius 1 is 1.06 bits per heavy atom. The van der Waals surface area contributed by atoms with Crippen LogP contribution in [0.4, 0.5) is 0 Å². The second kappa shape index (κ2) is 9.85. The molecule has 2 aliphatic heterocycles. The van der Waals surface area contributed by atoms with Crippen LogP contribution in [0.25, 0.3) is 5.32 Å². The van der Waals surface area contributed by atoms with Crippen LogP contribution in [0, 0.1) is 20.8 Å². The summed E-state index contributed by atoms with van der Waals surface area (Å²) in [5.41, 5.74) is 0. The molecule has 2 heterocycles. The van der Waals surface area contributed by atoms with Crippen molar-refractivity contribution >= 4 is 0 Å². The molecule has 2 rings (SSSR count). The monoisotopic (exact) mass is 315 g/mol. The average molecular weight is 315 g/mol. The Labute approximate surface area is 134 Å². The summed E-state index contributed by atoms with van der Waals surface area (Å²) in [7, 11) is 0. The third kappa shape index (κ3) is 6.11. The van der Waals surface area contributed by atoms with Crippen LogP contribution >= 0.6 is 0 Å². The predicted molar refractivity (Wildman–Crippen MR) is 72.6 cm³/mol. The van der Waals surface area contributed by atoms with Gasteiger partial charge in [-0.2, -0.15) is 0 Å². The zero-order valence-corrected chi connectivity index (χ0v) is 14.9. The molecule has 0 amide bonds. The topological polar surface area (TPSA) is 20.6 Å². The van der Waals surface area contributed by atoms with Gasteiger partial charge in [-0.25, -0.2) is 0 Å². The zero-order chi connectivity index (χ0) is 9.97. The summed E-state index contributed by atoms with van der Waals surface area (Å²) in [6.45, 7) is 13.1. The molecular weight excluding hydrogens is 287 g/mol. The van der Waals surface area contributed by atoms with Crippen LogP contribution in [-0.2, 0) is 32.7 Å². The van der Waals surface area contributed by atoms with Gasteiger partial charge in [-0.05, 0) is 20.4 Å². The van der Waals surface area contributed by atoms with Crippen LogP contribution in [0.1, 0.15) is 13.8 Å². The Balaban J connectivity index is 0. The first-order valence-corrected chi connectivity index (χ1v) is 5.85. The Hall–Kier alpha value is 0.984. The van der Waals surface area contributed by atoms with Gasteiger partial charge in [0.15, 0.2) is 0 Å². The molecule has 98 valence electrons. The van der Waals surface area contributed by atoms with E-state index in [1.807, 2.05) is 0 Å². The molecule has 0 aromatic carbocycles. The fourth-order valence-electron chi connectivity index (χ4n) is 2.25. The van der Waals surface area contributed by atoms with E-state index in [1.54, 1.807) is 0 Å². The molecule has 0 atom stereocenters. The van der Waals surface area contributed by atoms with Crippen molar-refractivity contribution in [3.63, 3.8) is 0 Å². The van der Waals surface area contributed by atoms with Gasteiger partial charge in [-0.1, -0.05) is 5.92 Å². The zero-order valence-electron chi connectivity index (χ0n) is 12.0. The van der Waals surface area contributed by atoms with Crippen LogP contribution in [0.5, 0.6) is 0 Å². The molecule has 4 heteroatoms. The van der Waals surface area contributed by atoms with E-state index in [2.05, 4.69) is 29.0 Å². The second-order valence-corrected chi connectivity index (χ2v) is 4.89. The van der Waals surface area contributed by atoms with Gasteiger partial charge in [0.05, 0.1) is 0 Å². The smallest absolute Gasteiger partial charge is 0.662 e. The molecule has 0 spiro atoms. The van der Waals surface area contributed by atoms with Gasteiger partial charge in [0, 0.05) is 32.2 Å². The number of hydrogen-bond acceptors (Lipinski definition) is 2. The van der Waals surface area contributed by atoms with E-state index in [0.29, 0.717) is 0 Å². The van der Waals surface area contributed by atoms with Gasteiger partial charge in [0.1, 0.15) is 0 Å². The molecule has 17 heavy (non-hydrogen) atoms. The van der Waals surface area contributed by atoms with E-state index < -0.39 is 0 Å². The first kappa shape index (κ1) is 20.3. The van der Waals surface area contributed by atoms with E-state index >= 15 is 0 Å². The third-order valence-corrected chi connectivity index (χ3v) is 3.43. The van der Waals surface area contributed by atoms with E-state index in [-0.39, 0.29) is 47.6 Å². The summed E-state index contributed by atoms with van der Waals surface area (Å²) in [6, 6.07) is 0.718. The van der Waals surface area contributed by atoms with Gasteiger partial charge >= 0.3 is 32.7 Å². The first-order chi connectivity index (χ1) is 6.75. The summed E-state index contributed by atoms with van der Waals surface area (Å²) in [6.07, 6.45) is 0. The number of hydrogen-bond donors (Lipinski definition) is 0. The molecule has 0 aromatic heterocycles. The maximum atomic E-state index is 4.27. The van der Waals surface area contributed by atoms with Crippen molar-refractivity contribution in [2.45, 2.75) is 19.9 Å². The maximum absolute atomic E-state index is 4.27. The SMILES string of the molecule is CC(C)N1CCN(CC2C[N-]C2)CC1.[CH3-].[CH3-].[Y+3]. The second-order valence-electron chi connectivity index (χ2n) is 4.89. The van der Waals surface area contributed by atoms with Gasteiger partial charge in [0.25, 0.3) is 0 Å². The molecule has 0 bridgehead atoms. The number of nitrogens with zero attached hydrogens (tertiary/aromatic N) is 3.